The second-order valence-electron chi connectivity index (χ2n) is 2.86. The number of benzene rings is 1. The standard InChI is InChI=1S/C9H11Br2N3O/c10-6-2-1-3-7(11)9(6)13-5-4-8(12)14-15/h1-3,13,15H,4-5H2,(H2,12,14). The second kappa shape index (κ2) is 5.97. The SMILES string of the molecule is N/C(CCNc1c(Br)cccc1Br)=N/O. The summed E-state index contributed by atoms with van der Waals surface area (Å²) in [4.78, 5) is 0. The maximum absolute atomic E-state index is 8.36. The van der Waals surface area contributed by atoms with E-state index in [9.17, 15) is 0 Å². The fourth-order valence-corrected chi connectivity index (χ4v) is 2.31. The van der Waals surface area contributed by atoms with Gasteiger partial charge in [-0.3, -0.25) is 0 Å². The largest absolute Gasteiger partial charge is 0.409 e. The predicted molar refractivity (Wildman–Crippen MR) is 68.4 cm³/mol. The molecule has 1 aromatic carbocycles. The summed E-state index contributed by atoms with van der Waals surface area (Å²) in [6.07, 6.45) is 0.490. The predicted octanol–water partition coefficient (Wildman–Crippen LogP) is 2.76. The van der Waals surface area contributed by atoms with Crippen LogP contribution in [0.15, 0.2) is 32.3 Å². The number of anilines is 1. The monoisotopic (exact) mass is 335 g/mol. The summed E-state index contributed by atoms with van der Waals surface area (Å²) in [6.45, 7) is 0.608. The summed E-state index contributed by atoms with van der Waals surface area (Å²) >= 11 is 6.86. The lowest BCUT2D eigenvalue weighted by molar-refractivity contribution is 0.317. The Morgan fingerprint density at radius 1 is 1.40 bits per heavy atom. The smallest absolute Gasteiger partial charge is 0.140 e. The molecule has 1 rings (SSSR count). The van der Waals surface area contributed by atoms with Crippen molar-refractivity contribution in [1.82, 2.24) is 0 Å². The van der Waals surface area contributed by atoms with Crippen molar-refractivity contribution in [2.24, 2.45) is 10.9 Å². The van der Waals surface area contributed by atoms with Crippen molar-refractivity contribution in [3.8, 4) is 0 Å². The van der Waals surface area contributed by atoms with E-state index in [2.05, 4.69) is 42.3 Å². The molecule has 82 valence electrons. The van der Waals surface area contributed by atoms with Crippen LogP contribution in [0.3, 0.4) is 0 Å². The first-order chi connectivity index (χ1) is 7.15. The zero-order valence-electron chi connectivity index (χ0n) is 7.87. The quantitative estimate of drug-likeness (QED) is 0.342. The molecular weight excluding hydrogens is 326 g/mol. The minimum atomic E-state index is 0.214. The van der Waals surface area contributed by atoms with Crippen LogP contribution in [-0.4, -0.2) is 17.6 Å². The molecule has 0 unspecified atom stereocenters. The van der Waals surface area contributed by atoms with Crippen LogP contribution < -0.4 is 11.1 Å². The van der Waals surface area contributed by atoms with Gasteiger partial charge >= 0.3 is 0 Å². The molecule has 4 N–H and O–H groups in total. The number of oxime groups is 1. The van der Waals surface area contributed by atoms with Gasteiger partial charge in [-0.1, -0.05) is 11.2 Å². The van der Waals surface area contributed by atoms with E-state index < -0.39 is 0 Å². The molecule has 6 heteroatoms. The van der Waals surface area contributed by atoms with Gasteiger partial charge in [0.15, 0.2) is 0 Å². The summed E-state index contributed by atoms with van der Waals surface area (Å²) in [5, 5.41) is 14.4. The van der Waals surface area contributed by atoms with Crippen LogP contribution in [-0.2, 0) is 0 Å². The second-order valence-corrected chi connectivity index (χ2v) is 4.57. The molecule has 0 bridgehead atoms. The van der Waals surface area contributed by atoms with Gasteiger partial charge in [0, 0.05) is 21.9 Å². The van der Waals surface area contributed by atoms with Gasteiger partial charge in [0.05, 0.1) is 5.69 Å². The van der Waals surface area contributed by atoms with Crippen molar-refractivity contribution in [1.29, 1.82) is 0 Å². The Morgan fingerprint density at radius 3 is 2.53 bits per heavy atom. The highest BCUT2D eigenvalue weighted by Crippen LogP contribution is 2.30. The lowest BCUT2D eigenvalue weighted by atomic mass is 10.3. The first-order valence-corrected chi connectivity index (χ1v) is 5.88. The van der Waals surface area contributed by atoms with Crippen LogP contribution in [0.2, 0.25) is 0 Å². The third kappa shape index (κ3) is 3.71. The third-order valence-electron chi connectivity index (χ3n) is 1.77. The molecule has 0 fully saturated rings. The Kier molecular flexibility index (Phi) is 4.90. The molecule has 0 saturated heterocycles. The van der Waals surface area contributed by atoms with Crippen molar-refractivity contribution in [3.05, 3.63) is 27.1 Å². The molecule has 0 aliphatic heterocycles. The van der Waals surface area contributed by atoms with Crippen LogP contribution >= 0.6 is 31.9 Å². The van der Waals surface area contributed by atoms with Gasteiger partial charge in [0.1, 0.15) is 5.84 Å². The maximum atomic E-state index is 8.36. The Morgan fingerprint density at radius 2 is 2.00 bits per heavy atom. The number of para-hydroxylation sites is 1. The van der Waals surface area contributed by atoms with E-state index in [0.29, 0.717) is 13.0 Å². The van der Waals surface area contributed by atoms with Crippen molar-refractivity contribution in [2.45, 2.75) is 6.42 Å². The Balaban J connectivity index is 2.58. The summed E-state index contributed by atoms with van der Waals surface area (Å²) in [7, 11) is 0. The van der Waals surface area contributed by atoms with Crippen LogP contribution in [0.4, 0.5) is 5.69 Å². The molecule has 0 spiro atoms. The number of amidine groups is 1. The van der Waals surface area contributed by atoms with E-state index in [0.717, 1.165) is 14.6 Å². The highest BCUT2D eigenvalue weighted by molar-refractivity contribution is 9.11. The lowest BCUT2D eigenvalue weighted by Gasteiger charge is -2.09. The van der Waals surface area contributed by atoms with Gasteiger partial charge < -0.3 is 16.3 Å². The maximum Gasteiger partial charge on any atom is 0.140 e. The minimum absolute atomic E-state index is 0.214. The van der Waals surface area contributed by atoms with E-state index in [-0.39, 0.29) is 5.84 Å². The van der Waals surface area contributed by atoms with Gasteiger partial charge in [0.25, 0.3) is 0 Å². The summed E-state index contributed by atoms with van der Waals surface area (Å²) in [6, 6.07) is 5.82. The third-order valence-corrected chi connectivity index (χ3v) is 3.10. The zero-order chi connectivity index (χ0) is 11.3. The number of nitrogens with zero attached hydrogens (tertiary/aromatic N) is 1. The summed E-state index contributed by atoms with van der Waals surface area (Å²) in [5.74, 6) is 0.214. The van der Waals surface area contributed by atoms with E-state index >= 15 is 0 Å². The molecule has 4 nitrogen and oxygen atoms in total. The van der Waals surface area contributed by atoms with Crippen LogP contribution in [0, 0.1) is 0 Å². The molecular formula is C9H11Br2N3O. The topological polar surface area (TPSA) is 70.6 Å². The lowest BCUT2D eigenvalue weighted by Crippen LogP contribution is -2.16. The Bertz CT molecular complexity index is 348. The van der Waals surface area contributed by atoms with Crippen molar-refractivity contribution >= 4 is 43.4 Å². The van der Waals surface area contributed by atoms with Crippen molar-refractivity contribution in [3.63, 3.8) is 0 Å². The van der Waals surface area contributed by atoms with Crippen LogP contribution in [0.5, 0.6) is 0 Å². The molecule has 0 heterocycles. The molecule has 0 aliphatic rings. The number of hydrogen-bond acceptors (Lipinski definition) is 3. The van der Waals surface area contributed by atoms with Gasteiger partial charge in [-0.15, -0.1) is 0 Å². The Hall–Kier alpha value is -0.750. The average Bonchev–Trinajstić information content (AvgIpc) is 2.22. The molecule has 1 aromatic rings. The van der Waals surface area contributed by atoms with E-state index in [4.69, 9.17) is 10.9 Å². The number of nitrogens with one attached hydrogen (secondary N) is 1. The molecule has 0 aromatic heterocycles. The van der Waals surface area contributed by atoms with Gasteiger partial charge in [-0.2, -0.15) is 0 Å². The zero-order valence-corrected chi connectivity index (χ0v) is 11.0. The highest BCUT2D eigenvalue weighted by Gasteiger charge is 2.03. The molecule has 0 radical (unpaired) electrons. The average molecular weight is 337 g/mol. The van der Waals surface area contributed by atoms with Crippen LogP contribution in [0.25, 0.3) is 0 Å². The molecule has 0 atom stereocenters. The van der Waals surface area contributed by atoms with E-state index in [1.807, 2.05) is 18.2 Å². The minimum Gasteiger partial charge on any atom is -0.409 e. The molecule has 0 amide bonds. The number of hydrogen-bond donors (Lipinski definition) is 3. The summed E-state index contributed by atoms with van der Waals surface area (Å²) < 4.78 is 1.94. The van der Waals surface area contributed by atoms with E-state index in [1.54, 1.807) is 0 Å². The first-order valence-electron chi connectivity index (χ1n) is 4.29. The number of halogens is 2. The fourth-order valence-electron chi connectivity index (χ4n) is 1.03. The van der Waals surface area contributed by atoms with Crippen molar-refractivity contribution in [2.75, 3.05) is 11.9 Å². The van der Waals surface area contributed by atoms with Crippen molar-refractivity contribution < 1.29 is 5.21 Å². The molecule has 15 heavy (non-hydrogen) atoms. The molecule has 0 saturated carbocycles. The van der Waals surface area contributed by atoms with Gasteiger partial charge in [0.2, 0.25) is 0 Å². The number of rotatable bonds is 4. The highest BCUT2D eigenvalue weighted by atomic mass is 79.9. The number of nitrogens with two attached hydrogens (primary N) is 1. The summed E-state index contributed by atoms with van der Waals surface area (Å²) in [5.41, 5.74) is 6.31. The van der Waals surface area contributed by atoms with E-state index in [1.165, 1.54) is 0 Å². The van der Waals surface area contributed by atoms with Gasteiger partial charge in [-0.25, -0.2) is 0 Å². The molecule has 0 aliphatic carbocycles. The first kappa shape index (κ1) is 12.3. The fraction of sp³-hybridized carbons (Fsp3) is 0.222. The normalized spacial score (nSPS) is 11.5. The van der Waals surface area contributed by atoms with Gasteiger partial charge in [-0.05, 0) is 44.0 Å². The Labute approximate surface area is 105 Å². The van der Waals surface area contributed by atoms with Crippen LogP contribution in [0.1, 0.15) is 6.42 Å².